The first-order valence-electron chi connectivity index (χ1n) is 6.40. The van der Waals surface area contributed by atoms with Gasteiger partial charge in [0.05, 0.1) is 6.10 Å². The molecule has 0 saturated heterocycles. The summed E-state index contributed by atoms with van der Waals surface area (Å²) in [6.45, 7) is 5.90. The molecule has 0 heterocycles. The van der Waals surface area contributed by atoms with Crippen LogP contribution in [0.1, 0.15) is 45.6 Å². The van der Waals surface area contributed by atoms with E-state index in [4.69, 9.17) is 4.74 Å². The summed E-state index contributed by atoms with van der Waals surface area (Å²) in [5.74, 6) is 1.16. The molecule has 0 aliphatic carbocycles. The van der Waals surface area contributed by atoms with Crippen LogP contribution in [0.2, 0.25) is 0 Å². The molecule has 0 aliphatic heterocycles. The van der Waals surface area contributed by atoms with Crippen molar-refractivity contribution in [2.24, 2.45) is 0 Å². The SMILES string of the molecule is CCC(CC)Oc1ccc(CCC(C)=O)cc1. The molecule has 17 heavy (non-hydrogen) atoms. The Bertz CT molecular complexity index is 336. The second kappa shape index (κ2) is 7.10. The molecule has 0 radical (unpaired) electrons. The maximum absolute atomic E-state index is 10.9. The van der Waals surface area contributed by atoms with Crippen LogP contribution >= 0.6 is 0 Å². The number of carbonyl (C=O) groups is 1. The topological polar surface area (TPSA) is 26.3 Å². The maximum atomic E-state index is 10.9. The van der Waals surface area contributed by atoms with Crippen LogP contribution in [0.3, 0.4) is 0 Å². The molecule has 0 saturated carbocycles. The number of ketones is 1. The van der Waals surface area contributed by atoms with Crippen molar-refractivity contribution in [1.82, 2.24) is 0 Å². The second-order valence-electron chi connectivity index (χ2n) is 4.40. The summed E-state index contributed by atoms with van der Waals surface area (Å²) in [7, 11) is 0. The summed E-state index contributed by atoms with van der Waals surface area (Å²) in [6.07, 6.45) is 3.80. The van der Waals surface area contributed by atoms with Crippen molar-refractivity contribution in [1.29, 1.82) is 0 Å². The van der Waals surface area contributed by atoms with Crippen molar-refractivity contribution in [3.05, 3.63) is 29.8 Å². The van der Waals surface area contributed by atoms with Gasteiger partial charge >= 0.3 is 0 Å². The monoisotopic (exact) mass is 234 g/mol. The lowest BCUT2D eigenvalue weighted by molar-refractivity contribution is -0.116. The fourth-order valence-electron chi connectivity index (χ4n) is 1.70. The van der Waals surface area contributed by atoms with E-state index in [0.29, 0.717) is 12.5 Å². The minimum absolute atomic E-state index is 0.238. The molecule has 0 unspecified atom stereocenters. The molecule has 94 valence electrons. The third-order valence-corrected chi connectivity index (χ3v) is 2.90. The second-order valence-corrected chi connectivity index (χ2v) is 4.40. The van der Waals surface area contributed by atoms with Crippen LogP contribution in [0.25, 0.3) is 0 Å². The van der Waals surface area contributed by atoms with Crippen LogP contribution in [0.15, 0.2) is 24.3 Å². The van der Waals surface area contributed by atoms with E-state index in [2.05, 4.69) is 13.8 Å². The molecule has 0 amide bonds. The van der Waals surface area contributed by atoms with Crippen LogP contribution in [0.4, 0.5) is 0 Å². The zero-order valence-corrected chi connectivity index (χ0v) is 11.0. The summed E-state index contributed by atoms with van der Waals surface area (Å²) >= 11 is 0. The zero-order chi connectivity index (χ0) is 12.7. The van der Waals surface area contributed by atoms with E-state index in [1.54, 1.807) is 6.92 Å². The Labute approximate surface area is 104 Å². The summed E-state index contributed by atoms with van der Waals surface area (Å²) in [6, 6.07) is 8.07. The lowest BCUT2D eigenvalue weighted by atomic mass is 10.1. The van der Waals surface area contributed by atoms with Crippen LogP contribution in [0, 0.1) is 0 Å². The molecule has 0 N–H and O–H groups in total. The van der Waals surface area contributed by atoms with E-state index in [1.807, 2.05) is 24.3 Å². The molecule has 1 aromatic rings. The Morgan fingerprint density at radius 3 is 2.24 bits per heavy atom. The van der Waals surface area contributed by atoms with Crippen LogP contribution in [0.5, 0.6) is 5.75 Å². The fourth-order valence-corrected chi connectivity index (χ4v) is 1.70. The number of hydrogen-bond acceptors (Lipinski definition) is 2. The number of carbonyl (C=O) groups excluding carboxylic acids is 1. The smallest absolute Gasteiger partial charge is 0.130 e. The zero-order valence-electron chi connectivity index (χ0n) is 11.0. The Hall–Kier alpha value is -1.31. The van der Waals surface area contributed by atoms with Gasteiger partial charge in [0.25, 0.3) is 0 Å². The van der Waals surface area contributed by atoms with Gasteiger partial charge in [0.15, 0.2) is 0 Å². The largest absolute Gasteiger partial charge is 0.490 e. The van der Waals surface area contributed by atoms with Gasteiger partial charge in [-0.15, -0.1) is 0 Å². The predicted octanol–water partition coefficient (Wildman–Crippen LogP) is 3.78. The number of Topliss-reactive ketones (excluding diaryl/α,β-unsaturated/α-hetero) is 1. The van der Waals surface area contributed by atoms with Gasteiger partial charge in [-0.05, 0) is 43.9 Å². The van der Waals surface area contributed by atoms with Gasteiger partial charge in [0.2, 0.25) is 0 Å². The van der Waals surface area contributed by atoms with Gasteiger partial charge in [-0.25, -0.2) is 0 Å². The number of ether oxygens (including phenoxy) is 1. The molecule has 1 rings (SSSR count). The maximum Gasteiger partial charge on any atom is 0.130 e. The van der Waals surface area contributed by atoms with Crippen LogP contribution in [-0.2, 0) is 11.2 Å². The molecule has 1 aromatic carbocycles. The third kappa shape index (κ3) is 5.03. The molecule has 0 fully saturated rings. The highest BCUT2D eigenvalue weighted by Gasteiger charge is 2.05. The highest BCUT2D eigenvalue weighted by atomic mass is 16.5. The first-order valence-corrected chi connectivity index (χ1v) is 6.40. The molecule has 2 nitrogen and oxygen atoms in total. The number of rotatable bonds is 7. The molecular weight excluding hydrogens is 212 g/mol. The Morgan fingerprint density at radius 2 is 1.76 bits per heavy atom. The van der Waals surface area contributed by atoms with E-state index >= 15 is 0 Å². The first kappa shape index (κ1) is 13.8. The lowest BCUT2D eigenvalue weighted by Crippen LogP contribution is -2.13. The van der Waals surface area contributed by atoms with Crippen molar-refractivity contribution in [3.8, 4) is 5.75 Å². The highest BCUT2D eigenvalue weighted by molar-refractivity contribution is 5.75. The Balaban J connectivity index is 2.52. The summed E-state index contributed by atoms with van der Waals surface area (Å²) in [5.41, 5.74) is 1.19. The van der Waals surface area contributed by atoms with Gasteiger partial charge < -0.3 is 9.53 Å². The average molecular weight is 234 g/mol. The van der Waals surface area contributed by atoms with E-state index in [9.17, 15) is 4.79 Å². The standard InChI is InChI=1S/C15H22O2/c1-4-14(5-2)17-15-10-8-13(9-11-15)7-6-12(3)16/h8-11,14H,4-7H2,1-3H3. The number of aryl methyl sites for hydroxylation is 1. The van der Waals surface area contributed by atoms with Crippen molar-refractivity contribution in [3.63, 3.8) is 0 Å². The van der Waals surface area contributed by atoms with Gasteiger partial charge in [-0.1, -0.05) is 26.0 Å². The van der Waals surface area contributed by atoms with Crippen LogP contribution in [-0.4, -0.2) is 11.9 Å². The molecule has 0 atom stereocenters. The first-order chi connectivity index (χ1) is 8.15. The van der Waals surface area contributed by atoms with Crippen molar-refractivity contribution in [2.45, 2.75) is 52.6 Å². The van der Waals surface area contributed by atoms with Gasteiger partial charge in [-0.2, -0.15) is 0 Å². The normalized spacial score (nSPS) is 10.6. The average Bonchev–Trinajstić information content (AvgIpc) is 2.34. The molecular formula is C15H22O2. The minimum Gasteiger partial charge on any atom is -0.490 e. The molecule has 0 aromatic heterocycles. The van der Waals surface area contributed by atoms with Crippen molar-refractivity contribution >= 4 is 5.78 Å². The fraction of sp³-hybridized carbons (Fsp3) is 0.533. The van der Waals surface area contributed by atoms with E-state index in [-0.39, 0.29) is 5.78 Å². The van der Waals surface area contributed by atoms with Crippen LogP contribution < -0.4 is 4.74 Å². The third-order valence-electron chi connectivity index (χ3n) is 2.90. The predicted molar refractivity (Wildman–Crippen MR) is 70.4 cm³/mol. The summed E-state index contributed by atoms with van der Waals surface area (Å²) in [4.78, 5) is 10.9. The quantitative estimate of drug-likeness (QED) is 0.717. The van der Waals surface area contributed by atoms with E-state index in [1.165, 1.54) is 5.56 Å². The van der Waals surface area contributed by atoms with E-state index < -0.39 is 0 Å². The number of hydrogen-bond donors (Lipinski definition) is 0. The molecule has 0 aliphatic rings. The molecule has 0 bridgehead atoms. The molecule has 2 heteroatoms. The van der Waals surface area contributed by atoms with Gasteiger partial charge in [-0.3, -0.25) is 0 Å². The summed E-state index contributed by atoms with van der Waals surface area (Å²) in [5, 5.41) is 0. The van der Waals surface area contributed by atoms with Gasteiger partial charge in [0.1, 0.15) is 11.5 Å². The lowest BCUT2D eigenvalue weighted by Gasteiger charge is -2.15. The highest BCUT2D eigenvalue weighted by Crippen LogP contribution is 2.17. The Kier molecular flexibility index (Phi) is 5.75. The Morgan fingerprint density at radius 1 is 1.18 bits per heavy atom. The molecule has 0 spiro atoms. The van der Waals surface area contributed by atoms with Crippen molar-refractivity contribution < 1.29 is 9.53 Å². The minimum atomic E-state index is 0.238. The van der Waals surface area contributed by atoms with E-state index in [0.717, 1.165) is 25.0 Å². The van der Waals surface area contributed by atoms with Gasteiger partial charge in [0, 0.05) is 6.42 Å². The van der Waals surface area contributed by atoms with Crippen molar-refractivity contribution in [2.75, 3.05) is 0 Å². The summed E-state index contributed by atoms with van der Waals surface area (Å²) < 4.78 is 5.83. The number of benzene rings is 1.